The van der Waals surface area contributed by atoms with Crippen molar-refractivity contribution in [3.63, 3.8) is 0 Å². The Morgan fingerprint density at radius 1 is 1.44 bits per heavy atom. The average Bonchev–Trinajstić information content (AvgIpc) is 2.68. The molecule has 0 saturated carbocycles. The lowest BCUT2D eigenvalue weighted by Crippen LogP contribution is -2.53. The Morgan fingerprint density at radius 2 is 2.15 bits per heavy atom. The van der Waals surface area contributed by atoms with Crippen molar-refractivity contribution < 1.29 is 9.53 Å². The molecule has 0 aromatic carbocycles. The van der Waals surface area contributed by atoms with E-state index in [0.29, 0.717) is 24.3 Å². The Hall–Kier alpha value is -2.36. The lowest BCUT2D eigenvalue weighted by molar-refractivity contribution is -0.127. The second kappa shape index (κ2) is 10.1. The van der Waals surface area contributed by atoms with Crippen LogP contribution in [-0.4, -0.2) is 92.1 Å². The van der Waals surface area contributed by atoms with Crippen molar-refractivity contribution in [2.24, 2.45) is 4.99 Å². The van der Waals surface area contributed by atoms with Gasteiger partial charge in [-0.3, -0.25) is 4.79 Å². The summed E-state index contributed by atoms with van der Waals surface area (Å²) >= 11 is 3.37. The number of carbonyl (C=O) groups excluding carboxylic acids is 1. The maximum atomic E-state index is 11.8. The standard InChI is InChI=1S/C17H26BrN7O2/c1-5-6-19-16(21-12-14(26)23(2)3)24-7-9-25(10-8-24)17-20-11-13(18)15(22-17)27-4/h5,11H,1,6-10,12H2,2-4H3,(H,19,21). The zero-order chi connectivity index (χ0) is 19.8. The van der Waals surface area contributed by atoms with E-state index in [1.165, 1.54) is 4.90 Å². The van der Waals surface area contributed by atoms with Crippen LogP contribution in [0, 0.1) is 0 Å². The highest BCUT2D eigenvalue weighted by molar-refractivity contribution is 9.10. The molecule has 2 rings (SSSR count). The predicted molar refractivity (Wildman–Crippen MR) is 109 cm³/mol. The van der Waals surface area contributed by atoms with E-state index in [4.69, 9.17) is 4.74 Å². The molecule has 1 aliphatic heterocycles. The van der Waals surface area contributed by atoms with E-state index < -0.39 is 0 Å². The van der Waals surface area contributed by atoms with Gasteiger partial charge in [-0.25, -0.2) is 9.98 Å². The van der Waals surface area contributed by atoms with Gasteiger partial charge in [0.05, 0.1) is 17.8 Å². The van der Waals surface area contributed by atoms with Gasteiger partial charge in [-0.05, 0) is 15.9 Å². The highest BCUT2D eigenvalue weighted by Crippen LogP contribution is 2.23. The predicted octanol–water partition coefficient (Wildman–Crippen LogP) is 0.590. The molecule has 148 valence electrons. The Kier molecular flexibility index (Phi) is 7.83. The third-order valence-corrected chi connectivity index (χ3v) is 4.57. The summed E-state index contributed by atoms with van der Waals surface area (Å²) in [5.74, 6) is 1.82. The van der Waals surface area contributed by atoms with Gasteiger partial charge in [0.1, 0.15) is 6.54 Å². The normalized spacial score (nSPS) is 14.7. The summed E-state index contributed by atoms with van der Waals surface area (Å²) in [4.78, 5) is 30.9. The summed E-state index contributed by atoms with van der Waals surface area (Å²) in [5.41, 5.74) is 0. The minimum Gasteiger partial charge on any atom is -0.480 e. The molecule has 10 heteroatoms. The first-order chi connectivity index (χ1) is 13.0. The van der Waals surface area contributed by atoms with Crippen LogP contribution in [0.3, 0.4) is 0 Å². The fourth-order valence-electron chi connectivity index (χ4n) is 2.47. The number of piperazine rings is 1. The van der Waals surface area contributed by atoms with Crippen LogP contribution in [0.4, 0.5) is 5.95 Å². The Balaban J connectivity index is 2.02. The summed E-state index contributed by atoms with van der Waals surface area (Å²) in [7, 11) is 5.03. The zero-order valence-corrected chi connectivity index (χ0v) is 17.6. The third kappa shape index (κ3) is 5.81. The van der Waals surface area contributed by atoms with Crippen LogP contribution in [0.25, 0.3) is 0 Å². The van der Waals surface area contributed by atoms with Crippen LogP contribution in [0.1, 0.15) is 0 Å². The van der Waals surface area contributed by atoms with Crippen LogP contribution >= 0.6 is 15.9 Å². The number of nitrogens with zero attached hydrogens (tertiary/aromatic N) is 6. The number of methoxy groups -OCH3 is 1. The van der Waals surface area contributed by atoms with Gasteiger partial charge in [-0.2, -0.15) is 4.98 Å². The first-order valence-corrected chi connectivity index (χ1v) is 9.41. The number of carbonyl (C=O) groups is 1. The smallest absolute Gasteiger partial charge is 0.243 e. The number of likely N-dealkylation sites (N-methyl/N-ethyl adjacent to an activating group) is 1. The molecular weight excluding hydrogens is 414 g/mol. The first kappa shape index (κ1) is 20.9. The number of nitrogens with one attached hydrogen (secondary N) is 1. The molecule has 0 atom stereocenters. The molecule has 1 fully saturated rings. The summed E-state index contributed by atoms with van der Waals surface area (Å²) in [6.07, 6.45) is 3.46. The quantitative estimate of drug-likeness (QED) is 0.394. The molecule has 0 spiro atoms. The molecule has 1 saturated heterocycles. The average molecular weight is 440 g/mol. The zero-order valence-electron chi connectivity index (χ0n) is 16.0. The van der Waals surface area contributed by atoms with Gasteiger partial charge in [-0.1, -0.05) is 6.08 Å². The van der Waals surface area contributed by atoms with E-state index in [9.17, 15) is 4.79 Å². The van der Waals surface area contributed by atoms with Crippen LogP contribution < -0.4 is 15.0 Å². The van der Waals surface area contributed by atoms with E-state index in [2.05, 4.69) is 52.6 Å². The number of hydrogen-bond acceptors (Lipinski definition) is 6. The minimum absolute atomic E-state index is 0.0399. The molecule has 1 aliphatic rings. The molecule has 2 heterocycles. The van der Waals surface area contributed by atoms with Gasteiger partial charge >= 0.3 is 0 Å². The van der Waals surface area contributed by atoms with E-state index in [-0.39, 0.29) is 12.5 Å². The minimum atomic E-state index is -0.0399. The maximum Gasteiger partial charge on any atom is 0.243 e. The number of aliphatic imine (C=N–C) groups is 1. The monoisotopic (exact) mass is 439 g/mol. The second-order valence-electron chi connectivity index (χ2n) is 6.10. The second-order valence-corrected chi connectivity index (χ2v) is 6.95. The van der Waals surface area contributed by atoms with Crippen LogP contribution in [0.5, 0.6) is 5.88 Å². The van der Waals surface area contributed by atoms with Crippen molar-refractivity contribution in [1.82, 2.24) is 25.1 Å². The topological polar surface area (TPSA) is 86.2 Å². The first-order valence-electron chi connectivity index (χ1n) is 8.62. The fourth-order valence-corrected chi connectivity index (χ4v) is 2.82. The number of rotatable bonds is 6. The lowest BCUT2D eigenvalue weighted by atomic mass is 10.3. The summed E-state index contributed by atoms with van der Waals surface area (Å²) in [6.45, 7) is 7.37. The van der Waals surface area contributed by atoms with Crippen molar-refractivity contribution in [3.8, 4) is 5.88 Å². The number of anilines is 1. The van der Waals surface area contributed by atoms with Crippen molar-refractivity contribution >= 4 is 33.7 Å². The van der Waals surface area contributed by atoms with Crippen molar-refractivity contribution in [1.29, 1.82) is 0 Å². The largest absolute Gasteiger partial charge is 0.480 e. The molecule has 0 bridgehead atoms. The number of hydrogen-bond donors (Lipinski definition) is 1. The van der Waals surface area contributed by atoms with Crippen molar-refractivity contribution in [2.45, 2.75) is 0 Å². The number of halogens is 1. The Labute approximate surface area is 168 Å². The highest BCUT2D eigenvalue weighted by atomic mass is 79.9. The molecule has 1 aromatic rings. The van der Waals surface area contributed by atoms with Gasteiger partial charge in [0.25, 0.3) is 0 Å². The van der Waals surface area contributed by atoms with Crippen LogP contribution in [0.15, 0.2) is 28.3 Å². The van der Waals surface area contributed by atoms with Gasteiger partial charge in [0, 0.05) is 46.8 Å². The van der Waals surface area contributed by atoms with E-state index in [0.717, 1.165) is 30.7 Å². The van der Waals surface area contributed by atoms with Crippen molar-refractivity contribution in [3.05, 3.63) is 23.3 Å². The number of amides is 1. The molecule has 0 radical (unpaired) electrons. The molecule has 1 amide bonds. The molecule has 0 unspecified atom stereocenters. The van der Waals surface area contributed by atoms with E-state index in [1.807, 2.05) is 0 Å². The number of guanidine groups is 1. The summed E-state index contributed by atoms with van der Waals surface area (Å²) in [5, 5.41) is 3.22. The van der Waals surface area contributed by atoms with Crippen molar-refractivity contribution in [2.75, 3.05) is 65.4 Å². The van der Waals surface area contributed by atoms with E-state index >= 15 is 0 Å². The summed E-state index contributed by atoms with van der Waals surface area (Å²) < 4.78 is 5.97. The molecule has 0 aliphatic carbocycles. The third-order valence-electron chi connectivity index (χ3n) is 4.02. The Bertz CT molecular complexity index is 688. The highest BCUT2D eigenvalue weighted by Gasteiger charge is 2.22. The molecule has 1 N–H and O–H groups in total. The summed E-state index contributed by atoms with van der Waals surface area (Å²) in [6, 6.07) is 0. The molecular formula is C17H26BrN7O2. The van der Waals surface area contributed by atoms with Gasteiger partial charge in [-0.15, -0.1) is 6.58 Å². The number of aromatic nitrogens is 2. The number of ether oxygens (including phenoxy) is 1. The maximum absolute atomic E-state index is 11.8. The van der Waals surface area contributed by atoms with Gasteiger partial charge < -0.3 is 24.8 Å². The van der Waals surface area contributed by atoms with Gasteiger partial charge in [0.15, 0.2) is 5.96 Å². The fraction of sp³-hybridized carbons (Fsp3) is 0.529. The van der Waals surface area contributed by atoms with E-state index in [1.54, 1.807) is 33.5 Å². The van der Waals surface area contributed by atoms with Crippen LogP contribution in [0.2, 0.25) is 0 Å². The van der Waals surface area contributed by atoms with Gasteiger partial charge in [0.2, 0.25) is 17.7 Å². The van der Waals surface area contributed by atoms with Crippen LogP contribution in [-0.2, 0) is 4.79 Å². The lowest BCUT2D eigenvalue weighted by Gasteiger charge is -2.36. The Morgan fingerprint density at radius 3 is 2.74 bits per heavy atom. The molecule has 27 heavy (non-hydrogen) atoms. The SMILES string of the molecule is C=CCNC(=NCC(=O)N(C)C)N1CCN(c2ncc(Br)c(OC)n2)CC1. The molecule has 1 aromatic heterocycles. The molecule has 9 nitrogen and oxygen atoms in total.